The molecule has 3 aromatic carbocycles. The molecule has 0 radical (unpaired) electrons. The van der Waals surface area contributed by atoms with Crippen LogP contribution in [0.1, 0.15) is 35.1 Å². The summed E-state index contributed by atoms with van der Waals surface area (Å²) in [5.41, 5.74) is 10.3. The normalized spacial score (nSPS) is 15.0. The molecule has 0 spiro atoms. The number of hydrogen-bond donors (Lipinski definition) is 2. The number of amides is 1. The molecule has 1 aliphatic rings. The number of fused-ring (bicyclic) bond motifs is 1. The van der Waals surface area contributed by atoms with Gasteiger partial charge in [-0.25, -0.2) is 4.79 Å². The van der Waals surface area contributed by atoms with E-state index in [2.05, 4.69) is 11.0 Å². The monoisotopic (exact) mass is 551 g/mol. The second-order valence-corrected chi connectivity index (χ2v) is 10.6. The molecule has 1 amide bonds. The van der Waals surface area contributed by atoms with Gasteiger partial charge in [-0.15, -0.1) is 0 Å². The molecule has 1 unspecified atom stereocenters. The third-order valence-electron chi connectivity index (χ3n) is 7.85. The number of rotatable bonds is 9. The van der Waals surface area contributed by atoms with Gasteiger partial charge in [0.25, 0.3) is 0 Å². The number of aryl methyl sites for hydroxylation is 1. The largest absolute Gasteiger partial charge is 0.491 e. The molecule has 210 valence electrons. The maximum absolute atomic E-state index is 13.0. The maximum Gasteiger partial charge on any atom is 0.340 e. The number of aliphatic hydroxyl groups is 1. The molecule has 2 heterocycles. The lowest BCUT2D eigenvalue weighted by Gasteiger charge is -2.31. The number of β-amino-alcohol motifs (C(OH)–C–C–N with tert-alkyl or cyclic N) is 1. The Morgan fingerprint density at radius 1 is 1.15 bits per heavy atom. The van der Waals surface area contributed by atoms with Crippen LogP contribution in [0.3, 0.4) is 0 Å². The Balaban J connectivity index is 1.24. The Morgan fingerprint density at radius 2 is 1.88 bits per heavy atom. The molecule has 3 N–H and O–H groups in total. The molecule has 1 fully saturated rings. The number of primary amides is 1. The summed E-state index contributed by atoms with van der Waals surface area (Å²) in [6.45, 7) is 3.89. The van der Waals surface area contributed by atoms with Gasteiger partial charge in [-0.2, -0.15) is 5.26 Å². The van der Waals surface area contributed by atoms with Gasteiger partial charge in [0, 0.05) is 35.9 Å². The number of benzene rings is 3. The fourth-order valence-electron chi connectivity index (χ4n) is 5.45. The molecular weight excluding hydrogens is 518 g/mol. The van der Waals surface area contributed by atoms with Crippen LogP contribution in [-0.4, -0.2) is 48.3 Å². The van der Waals surface area contributed by atoms with Gasteiger partial charge in [0.05, 0.1) is 11.6 Å². The first kappa shape index (κ1) is 28.1. The van der Waals surface area contributed by atoms with Crippen molar-refractivity contribution in [3.63, 3.8) is 0 Å². The molecule has 0 saturated carbocycles. The van der Waals surface area contributed by atoms with E-state index in [1.165, 1.54) is 0 Å². The van der Waals surface area contributed by atoms with Crippen molar-refractivity contribution in [3.8, 4) is 22.9 Å². The number of nitriles is 1. The minimum absolute atomic E-state index is 0.0882. The number of likely N-dealkylation sites (tertiary alicyclic amines) is 1. The summed E-state index contributed by atoms with van der Waals surface area (Å²) < 4.78 is 11.5. The van der Waals surface area contributed by atoms with Gasteiger partial charge in [-0.3, -0.25) is 4.79 Å². The van der Waals surface area contributed by atoms with Crippen molar-refractivity contribution in [2.24, 2.45) is 11.7 Å². The van der Waals surface area contributed by atoms with Crippen LogP contribution in [0.4, 0.5) is 0 Å². The predicted molar refractivity (Wildman–Crippen MR) is 156 cm³/mol. The van der Waals surface area contributed by atoms with Crippen LogP contribution in [-0.2, 0) is 11.2 Å². The van der Waals surface area contributed by atoms with Crippen LogP contribution in [0.15, 0.2) is 75.9 Å². The zero-order valence-corrected chi connectivity index (χ0v) is 23.0. The molecule has 0 aliphatic carbocycles. The van der Waals surface area contributed by atoms with E-state index >= 15 is 0 Å². The molecule has 1 atom stereocenters. The highest BCUT2D eigenvalue weighted by Crippen LogP contribution is 2.27. The van der Waals surface area contributed by atoms with Gasteiger partial charge < -0.3 is 24.9 Å². The van der Waals surface area contributed by atoms with Gasteiger partial charge in [0.15, 0.2) is 0 Å². The Labute approximate surface area is 238 Å². The zero-order chi connectivity index (χ0) is 28.9. The third kappa shape index (κ3) is 6.49. The number of hydrogen-bond acceptors (Lipinski definition) is 7. The van der Waals surface area contributed by atoms with Crippen LogP contribution in [0.2, 0.25) is 0 Å². The molecule has 1 aromatic heterocycles. The van der Waals surface area contributed by atoms with Crippen LogP contribution < -0.4 is 16.1 Å². The second-order valence-electron chi connectivity index (χ2n) is 10.6. The van der Waals surface area contributed by atoms with E-state index < -0.39 is 11.7 Å². The van der Waals surface area contributed by atoms with Crippen molar-refractivity contribution < 1.29 is 19.1 Å². The Hall–Kier alpha value is -4.45. The van der Waals surface area contributed by atoms with Gasteiger partial charge in [0.1, 0.15) is 24.0 Å². The van der Waals surface area contributed by atoms with Crippen molar-refractivity contribution >= 4 is 16.9 Å². The first-order valence-corrected chi connectivity index (χ1v) is 13.8. The van der Waals surface area contributed by atoms with Crippen molar-refractivity contribution in [1.82, 2.24) is 4.90 Å². The van der Waals surface area contributed by atoms with Gasteiger partial charge >= 0.3 is 5.63 Å². The van der Waals surface area contributed by atoms with E-state index in [4.69, 9.17) is 14.9 Å². The van der Waals surface area contributed by atoms with Crippen LogP contribution in [0, 0.1) is 24.2 Å². The molecule has 0 bridgehead atoms. The van der Waals surface area contributed by atoms with Crippen LogP contribution >= 0.6 is 0 Å². The molecule has 5 rings (SSSR count). The Kier molecular flexibility index (Phi) is 8.48. The summed E-state index contributed by atoms with van der Waals surface area (Å²) in [4.78, 5) is 26.4. The highest BCUT2D eigenvalue weighted by molar-refractivity contribution is 5.82. The minimum atomic E-state index is -0.702. The molecule has 4 aromatic rings. The number of nitrogens with zero attached hydrogens (tertiary/aromatic N) is 2. The van der Waals surface area contributed by atoms with Gasteiger partial charge in [-0.1, -0.05) is 42.5 Å². The molecule has 8 heteroatoms. The summed E-state index contributed by atoms with van der Waals surface area (Å²) in [7, 11) is 0. The topological polar surface area (TPSA) is 130 Å². The van der Waals surface area contributed by atoms with E-state index in [1.807, 2.05) is 61.5 Å². The molecule has 41 heavy (non-hydrogen) atoms. The third-order valence-corrected chi connectivity index (χ3v) is 7.85. The lowest BCUT2D eigenvalue weighted by atomic mass is 9.96. The van der Waals surface area contributed by atoms with Crippen molar-refractivity contribution in [2.75, 3.05) is 26.2 Å². The van der Waals surface area contributed by atoms with E-state index in [0.29, 0.717) is 61.4 Å². The number of carbonyl (C=O) groups excluding carboxylic acids is 1. The first-order chi connectivity index (χ1) is 19.8. The zero-order valence-electron chi connectivity index (χ0n) is 23.0. The van der Waals surface area contributed by atoms with Gasteiger partial charge in [0.2, 0.25) is 5.91 Å². The number of aliphatic hydroxyl groups excluding tert-OH is 1. The van der Waals surface area contributed by atoms with Crippen LogP contribution in [0.5, 0.6) is 5.75 Å². The number of ether oxygens (including phenoxy) is 1. The fraction of sp³-hybridized carbons (Fsp3) is 0.303. The fourth-order valence-corrected chi connectivity index (χ4v) is 5.45. The number of nitrogens with two attached hydrogens (primary N) is 1. The number of piperidine rings is 1. The summed E-state index contributed by atoms with van der Waals surface area (Å²) >= 11 is 0. The summed E-state index contributed by atoms with van der Waals surface area (Å²) in [5, 5.41) is 20.7. The van der Waals surface area contributed by atoms with Gasteiger partial charge in [-0.05, 0) is 73.3 Å². The van der Waals surface area contributed by atoms with E-state index in [-0.39, 0.29) is 18.4 Å². The number of carbonyl (C=O) groups is 1. The van der Waals surface area contributed by atoms with E-state index in [1.54, 1.807) is 12.1 Å². The quantitative estimate of drug-likeness (QED) is 0.299. The van der Waals surface area contributed by atoms with E-state index in [0.717, 1.165) is 27.6 Å². The SMILES string of the molecule is Cc1c(Cc2ccc(-c3ccccc3C#N)cc2)c(=O)oc2cc(OCC(O)CN3CCC(C(N)=O)CC3)ccc12. The smallest absolute Gasteiger partial charge is 0.340 e. The molecule has 8 nitrogen and oxygen atoms in total. The minimum Gasteiger partial charge on any atom is -0.491 e. The summed E-state index contributed by atoms with van der Waals surface area (Å²) in [5.74, 6) is 0.162. The average molecular weight is 552 g/mol. The molecule has 1 aliphatic heterocycles. The average Bonchev–Trinajstić information content (AvgIpc) is 2.98. The molecular formula is C33H33N3O5. The summed E-state index contributed by atoms with van der Waals surface area (Å²) in [6, 6.07) is 22.9. The Bertz CT molecular complexity index is 1650. The first-order valence-electron chi connectivity index (χ1n) is 13.8. The lowest BCUT2D eigenvalue weighted by molar-refractivity contribution is -0.123. The highest BCUT2D eigenvalue weighted by Gasteiger charge is 2.24. The van der Waals surface area contributed by atoms with Crippen molar-refractivity contribution in [2.45, 2.75) is 32.3 Å². The van der Waals surface area contributed by atoms with E-state index in [9.17, 15) is 20.0 Å². The van der Waals surface area contributed by atoms with Crippen molar-refractivity contribution in [3.05, 3.63) is 99.4 Å². The predicted octanol–water partition coefficient (Wildman–Crippen LogP) is 4.17. The van der Waals surface area contributed by atoms with Crippen LogP contribution in [0.25, 0.3) is 22.1 Å². The van der Waals surface area contributed by atoms with Crippen molar-refractivity contribution in [1.29, 1.82) is 5.26 Å². The maximum atomic E-state index is 13.0. The second kappa shape index (κ2) is 12.4. The lowest BCUT2D eigenvalue weighted by Crippen LogP contribution is -2.43. The highest BCUT2D eigenvalue weighted by atomic mass is 16.5. The molecule has 1 saturated heterocycles. The standard InChI is InChI=1S/C33H33N3O5/c1-21-28-11-10-27(40-20-26(37)19-36-14-12-24(13-15-36)32(35)38)17-31(28)41-33(39)30(21)16-22-6-8-23(9-7-22)29-5-3-2-4-25(29)18-34/h2-11,17,24,26,37H,12-16,19-20H2,1H3,(H2,35,38). The summed E-state index contributed by atoms with van der Waals surface area (Å²) in [6.07, 6.45) is 1.13. The Morgan fingerprint density at radius 3 is 2.59 bits per heavy atom.